The van der Waals surface area contributed by atoms with E-state index in [-0.39, 0.29) is 0 Å². The number of aromatic nitrogens is 2. The van der Waals surface area contributed by atoms with Crippen LogP contribution in [0.15, 0.2) is 12.4 Å². The summed E-state index contributed by atoms with van der Waals surface area (Å²) in [5.74, 6) is 2.60. The van der Waals surface area contributed by atoms with Crippen LogP contribution in [0.25, 0.3) is 0 Å². The molecule has 52 valence electrons. The number of aryl methyl sites for hydroxylation is 1. The molecule has 0 aliphatic carbocycles. The average molecular weight is 134 g/mol. The summed E-state index contributed by atoms with van der Waals surface area (Å²) >= 11 is 0. The number of hydrogen-bond donors (Lipinski definition) is 1. The van der Waals surface area contributed by atoms with Crippen LogP contribution >= 0.6 is 0 Å². The Morgan fingerprint density at radius 3 is 3.20 bits per heavy atom. The maximum atomic E-state index is 5.09. The Hall–Kier alpha value is -1.23. The number of nitrogens with zero attached hydrogens (tertiary/aromatic N) is 1. The van der Waals surface area contributed by atoms with Crippen LogP contribution < -0.4 is 0 Å². The van der Waals surface area contributed by atoms with Gasteiger partial charge in [0.1, 0.15) is 0 Å². The number of terminal acetylenes is 1. The van der Waals surface area contributed by atoms with Gasteiger partial charge in [0.25, 0.3) is 0 Å². The fourth-order valence-corrected chi connectivity index (χ4v) is 0.809. The van der Waals surface area contributed by atoms with Crippen molar-refractivity contribution in [3.05, 3.63) is 18.0 Å². The Labute approximate surface area is 60.7 Å². The minimum absolute atomic E-state index is 0.852. The minimum Gasteiger partial charge on any atom is -0.285 e. The van der Waals surface area contributed by atoms with E-state index < -0.39 is 0 Å². The Balaban J connectivity index is 2.23. The van der Waals surface area contributed by atoms with Gasteiger partial charge in [-0.05, 0) is 18.4 Å². The molecule has 0 saturated carbocycles. The Kier molecular flexibility index (Phi) is 2.57. The van der Waals surface area contributed by atoms with Gasteiger partial charge in [0.05, 0.1) is 6.20 Å². The smallest absolute Gasteiger partial charge is 0.0519 e. The first-order valence-corrected chi connectivity index (χ1v) is 3.34. The third-order valence-corrected chi connectivity index (χ3v) is 1.34. The summed E-state index contributed by atoms with van der Waals surface area (Å²) in [6, 6.07) is 0. The van der Waals surface area contributed by atoms with Crippen molar-refractivity contribution in [3.63, 3.8) is 0 Å². The number of aromatic amines is 1. The summed E-state index contributed by atoms with van der Waals surface area (Å²) in [4.78, 5) is 0. The van der Waals surface area contributed by atoms with E-state index in [1.54, 1.807) is 0 Å². The molecule has 2 nitrogen and oxygen atoms in total. The highest BCUT2D eigenvalue weighted by atomic mass is 15.1. The van der Waals surface area contributed by atoms with Crippen molar-refractivity contribution in [2.24, 2.45) is 0 Å². The lowest BCUT2D eigenvalue weighted by molar-refractivity contribution is 0.859. The third-order valence-electron chi connectivity index (χ3n) is 1.34. The SMILES string of the molecule is C#CCCCc1cn[nH]c1. The molecule has 0 bridgehead atoms. The van der Waals surface area contributed by atoms with E-state index >= 15 is 0 Å². The molecule has 0 radical (unpaired) electrons. The fourth-order valence-electron chi connectivity index (χ4n) is 0.809. The number of rotatable bonds is 3. The predicted molar refractivity (Wildman–Crippen MR) is 40.4 cm³/mol. The monoisotopic (exact) mass is 134 g/mol. The van der Waals surface area contributed by atoms with Gasteiger partial charge < -0.3 is 0 Å². The van der Waals surface area contributed by atoms with Crippen LogP contribution in [0.1, 0.15) is 18.4 Å². The highest BCUT2D eigenvalue weighted by Gasteiger charge is 1.90. The molecule has 0 saturated heterocycles. The standard InChI is InChI=1S/C8H10N2/c1-2-3-4-5-8-6-9-10-7-8/h1,6-7H,3-5H2,(H,9,10). The van der Waals surface area contributed by atoms with Crippen molar-refractivity contribution >= 4 is 0 Å². The van der Waals surface area contributed by atoms with Crippen LogP contribution in [0.4, 0.5) is 0 Å². The lowest BCUT2D eigenvalue weighted by Crippen LogP contribution is -1.79. The normalized spacial score (nSPS) is 9.10. The molecule has 1 heterocycles. The van der Waals surface area contributed by atoms with Gasteiger partial charge in [-0.15, -0.1) is 12.3 Å². The number of unbranched alkanes of at least 4 members (excludes halogenated alkanes) is 1. The van der Waals surface area contributed by atoms with Crippen molar-refractivity contribution in [1.29, 1.82) is 0 Å². The summed E-state index contributed by atoms with van der Waals surface area (Å²) in [7, 11) is 0. The van der Waals surface area contributed by atoms with E-state index in [4.69, 9.17) is 6.42 Å². The van der Waals surface area contributed by atoms with Crippen LogP contribution in [-0.4, -0.2) is 10.2 Å². The molecule has 0 aliphatic heterocycles. The maximum Gasteiger partial charge on any atom is 0.0519 e. The molecule has 0 unspecified atom stereocenters. The summed E-state index contributed by atoms with van der Waals surface area (Å²) in [6.07, 6.45) is 11.8. The van der Waals surface area contributed by atoms with Crippen molar-refractivity contribution < 1.29 is 0 Å². The number of H-pyrrole nitrogens is 1. The van der Waals surface area contributed by atoms with Crippen molar-refractivity contribution in [1.82, 2.24) is 10.2 Å². The first-order chi connectivity index (χ1) is 4.93. The molecule has 0 aliphatic rings. The summed E-state index contributed by atoms with van der Waals surface area (Å²) in [5.41, 5.74) is 1.23. The zero-order chi connectivity index (χ0) is 7.23. The minimum atomic E-state index is 0.852. The Morgan fingerprint density at radius 2 is 2.60 bits per heavy atom. The second-order valence-corrected chi connectivity index (χ2v) is 2.16. The fraction of sp³-hybridized carbons (Fsp3) is 0.375. The van der Waals surface area contributed by atoms with Gasteiger partial charge in [-0.2, -0.15) is 5.10 Å². The van der Waals surface area contributed by atoms with Gasteiger partial charge in [0, 0.05) is 12.6 Å². The first-order valence-electron chi connectivity index (χ1n) is 3.34. The molecule has 1 aromatic rings. The highest BCUT2D eigenvalue weighted by Crippen LogP contribution is 2.00. The molecule has 0 fully saturated rings. The quantitative estimate of drug-likeness (QED) is 0.491. The van der Waals surface area contributed by atoms with Crippen LogP contribution in [0.5, 0.6) is 0 Å². The van der Waals surface area contributed by atoms with Crippen LogP contribution in [0.3, 0.4) is 0 Å². The number of nitrogens with one attached hydrogen (secondary N) is 1. The molecule has 2 heteroatoms. The van der Waals surface area contributed by atoms with E-state index in [9.17, 15) is 0 Å². The van der Waals surface area contributed by atoms with Gasteiger partial charge in [-0.1, -0.05) is 0 Å². The Bertz CT molecular complexity index is 206. The molecular weight excluding hydrogens is 124 g/mol. The Morgan fingerprint density at radius 1 is 1.70 bits per heavy atom. The van der Waals surface area contributed by atoms with Crippen LogP contribution in [0, 0.1) is 12.3 Å². The molecule has 0 spiro atoms. The zero-order valence-corrected chi connectivity index (χ0v) is 5.80. The van der Waals surface area contributed by atoms with Gasteiger partial charge in [-0.3, -0.25) is 5.10 Å². The zero-order valence-electron chi connectivity index (χ0n) is 5.80. The molecule has 0 amide bonds. The van der Waals surface area contributed by atoms with Crippen molar-refractivity contribution in [3.8, 4) is 12.3 Å². The van der Waals surface area contributed by atoms with Gasteiger partial charge in [0.2, 0.25) is 0 Å². The lowest BCUT2D eigenvalue weighted by atomic mass is 10.2. The van der Waals surface area contributed by atoms with Crippen LogP contribution in [-0.2, 0) is 6.42 Å². The molecule has 1 rings (SSSR count). The summed E-state index contributed by atoms with van der Waals surface area (Å²) < 4.78 is 0. The van der Waals surface area contributed by atoms with E-state index in [0.717, 1.165) is 19.3 Å². The maximum absolute atomic E-state index is 5.09. The van der Waals surface area contributed by atoms with Crippen LogP contribution in [0.2, 0.25) is 0 Å². The molecule has 1 N–H and O–H groups in total. The predicted octanol–water partition coefficient (Wildman–Crippen LogP) is 1.37. The van der Waals surface area contributed by atoms with Gasteiger partial charge >= 0.3 is 0 Å². The van der Waals surface area contributed by atoms with Gasteiger partial charge in [0.15, 0.2) is 0 Å². The summed E-state index contributed by atoms with van der Waals surface area (Å²) in [5, 5.41) is 6.58. The van der Waals surface area contributed by atoms with E-state index in [2.05, 4.69) is 16.1 Å². The van der Waals surface area contributed by atoms with E-state index in [1.807, 2.05) is 12.4 Å². The average Bonchev–Trinajstić information content (AvgIpc) is 2.41. The molecular formula is C8H10N2. The third kappa shape index (κ3) is 1.94. The lowest BCUT2D eigenvalue weighted by Gasteiger charge is -1.89. The second-order valence-electron chi connectivity index (χ2n) is 2.16. The number of hydrogen-bond acceptors (Lipinski definition) is 1. The summed E-state index contributed by atoms with van der Waals surface area (Å²) in [6.45, 7) is 0. The first kappa shape index (κ1) is 6.88. The topological polar surface area (TPSA) is 28.7 Å². The van der Waals surface area contributed by atoms with Crippen molar-refractivity contribution in [2.45, 2.75) is 19.3 Å². The molecule has 0 atom stereocenters. The highest BCUT2D eigenvalue weighted by molar-refractivity contribution is 5.02. The largest absolute Gasteiger partial charge is 0.285 e. The van der Waals surface area contributed by atoms with E-state index in [0.29, 0.717) is 0 Å². The molecule has 0 aromatic carbocycles. The van der Waals surface area contributed by atoms with E-state index in [1.165, 1.54) is 5.56 Å². The van der Waals surface area contributed by atoms with Crippen molar-refractivity contribution in [2.75, 3.05) is 0 Å². The molecule has 1 aromatic heterocycles. The van der Waals surface area contributed by atoms with Gasteiger partial charge in [-0.25, -0.2) is 0 Å². The second kappa shape index (κ2) is 3.73. The molecule has 10 heavy (non-hydrogen) atoms.